The van der Waals surface area contributed by atoms with Crippen LogP contribution < -0.4 is 0 Å². The summed E-state index contributed by atoms with van der Waals surface area (Å²) in [4.78, 5) is 14.5. The molecule has 0 aliphatic rings. The number of rotatable bonds is 17. The Hall–Kier alpha value is -0.296. The standard InChI is InChI=1S/C22H49NO6Si2/c1-12-20(8)23(14-13-15-30(26-9,27-10)28-11)16-21(22(24)25)29-31(17(2)3,18(4)5)19(6)7/h17-21H,12-16H2,1-11H3,(H,24,25). The van der Waals surface area contributed by atoms with E-state index in [2.05, 4.69) is 60.3 Å². The molecule has 1 N–H and O–H groups in total. The lowest BCUT2D eigenvalue weighted by Gasteiger charge is -2.44. The van der Waals surface area contributed by atoms with E-state index >= 15 is 0 Å². The molecule has 0 amide bonds. The van der Waals surface area contributed by atoms with Crippen LogP contribution in [0.1, 0.15) is 68.2 Å². The van der Waals surface area contributed by atoms with Crippen molar-refractivity contribution in [2.75, 3.05) is 34.4 Å². The second kappa shape index (κ2) is 14.1. The Labute approximate surface area is 193 Å². The molecule has 2 atom stereocenters. The molecule has 7 nitrogen and oxygen atoms in total. The molecular weight excluding hydrogens is 430 g/mol. The third-order valence-corrected chi connectivity index (χ3v) is 15.7. The van der Waals surface area contributed by atoms with Crippen molar-refractivity contribution in [3.05, 3.63) is 0 Å². The monoisotopic (exact) mass is 479 g/mol. The fourth-order valence-corrected chi connectivity index (χ4v) is 12.0. The zero-order valence-corrected chi connectivity index (χ0v) is 23.9. The molecule has 31 heavy (non-hydrogen) atoms. The molecule has 0 saturated carbocycles. The molecule has 0 aromatic heterocycles. The van der Waals surface area contributed by atoms with Crippen molar-refractivity contribution in [2.24, 2.45) is 0 Å². The summed E-state index contributed by atoms with van der Waals surface area (Å²) in [5.74, 6) is -0.874. The molecule has 0 aliphatic carbocycles. The summed E-state index contributed by atoms with van der Waals surface area (Å²) < 4.78 is 23.2. The van der Waals surface area contributed by atoms with E-state index in [9.17, 15) is 9.90 Å². The quantitative estimate of drug-likeness (QED) is 0.294. The van der Waals surface area contributed by atoms with E-state index < -0.39 is 29.2 Å². The SMILES string of the molecule is CCC(C)N(CCC[Si](OC)(OC)OC)CC(O[Si](C(C)C)(C(C)C)C(C)C)C(=O)O. The third-order valence-electron chi connectivity index (χ3n) is 6.80. The molecule has 9 heteroatoms. The van der Waals surface area contributed by atoms with Crippen LogP contribution in [0.2, 0.25) is 22.7 Å². The van der Waals surface area contributed by atoms with Gasteiger partial charge in [-0.1, -0.05) is 48.5 Å². The van der Waals surface area contributed by atoms with E-state index in [1.807, 2.05) is 0 Å². The van der Waals surface area contributed by atoms with Crippen LogP contribution >= 0.6 is 0 Å². The average Bonchev–Trinajstić information content (AvgIpc) is 2.71. The molecule has 0 rings (SSSR count). The van der Waals surface area contributed by atoms with Crippen molar-refractivity contribution in [1.82, 2.24) is 4.90 Å². The van der Waals surface area contributed by atoms with Crippen LogP contribution in [0.5, 0.6) is 0 Å². The summed E-state index contributed by atoms with van der Waals surface area (Å²) in [6, 6.07) is 0.937. The lowest BCUT2D eigenvalue weighted by atomic mass is 10.2. The molecular formula is C22H49NO6Si2. The average molecular weight is 480 g/mol. The number of carboxylic acid groups (broad SMARTS) is 1. The van der Waals surface area contributed by atoms with Gasteiger partial charge < -0.3 is 22.8 Å². The fourth-order valence-electron chi connectivity index (χ4n) is 4.84. The Morgan fingerprint density at radius 1 is 0.903 bits per heavy atom. The van der Waals surface area contributed by atoms with Crippen LogP contribution in [0.3, 0.4) is 0 Å². The van der Waals surface area contributed by atoms with Gasteiger partial charge in [-0.3, -0.25) is 4.90 Å². The van der Waals surface area contributed by atoms with Crippen LogP contribution in [0, 0.1) is 0 Å². The van der Waals surface area contributed by atoms with E-state index in [1.165, 1.54) is 0 Å². The van der Waals surface area contributed by atoms with Crippen molar-refractivity contribution in [2.45, 2.75) is 103 Å². The number of carbonyl (C=O) groups is 1. The van der Waals surface area contributed by atoms with Crippen molar-refractivity contribution in [3.8, 4) is 0 Å². The maximum absolute atomic E-state index is 12.3. The van der Waals surface area contributed by atoms with Crippen molar-refractivity contribution in [1.29, 1.82) is 0 Å². The second-order valence-electron chi connectivity index (χ2n) is 9.41. The number of hydrogen-bond donors (Lipinski definition) is 1. The molecule has 0 bridgehead atoms. The Morgan fingerprint density at radius 3 is 1.68 bits per heavy atom. The molecule has 2 unspecified atom stereocenters. The van der Waals surface area contributed by atoms with Gasteiger partial charge in [0.25, 0.3) is 0 Å². The van der Waals surface area contributed by atoms with Gasteiger partial charge in [0.2, 0.25) is 8.32 Å². The summed E-state index contributed by atoms with van der Waals surface area (Å²) in [7, 11) is -0.0888. The molecule has 0 aromatic rings. The van der Waals surface area contributed by atoms with E-state index in [0.29, 0.717) is 29.2 Å². The van der Waals surface area contributed by atoms with Crippen molar-refractivity contribution >= 4 is 23.1 Å². The maximum Gasteiger partial charge on any atom is 0.500 e. The molecule has 0 spiro atoms. The number of hydrogen-bond acceptors (Lipinski definition) is 6. The maximum atomic E-state index is 12.3. The molecule has 0 aromatic carbocycles. The highest BCUT2D eigenvalue weighted by atomic mass is 28.4. The van der Waals surface area contributed by atoms with Crippen LogP contribution in [0.4, 0.5) is 0 Å². The van der Waals surface area contributed by atoms with E-state index in [0.717, 1.165) is 19.4 Å². The summed E-state index contributed by atoms with van der Waals surface area (Å²) in [5.41, 5.74) is 1.01. The minimum atomic E-state index is -2.64. The molecule has 186 valence electrons. The molecule has 0 radical (unpaired) electrons. The van der Waals surface area contributed by atoms with Gasteiger partial charge in [-0.15, -0.1) is 0 Å². The predicted octanol–water partition coefficient (Wildman–Crippen LogP) is 5.00. The highest BCUT2D eigenvalue weighted by molar-refractivity contribution is 6.77. The lowest BCUT2D eigenvalue weighted by molar-refractivity contribution is -0.147. The van der Waals surface area contributed by atoms with Gasteiger partial charge in [0.15, 0.2) is 6.10 Å². The first kappa shape index (κ1) is 30.7. The minimum Gasteiger partial charge on any atom is -0.479 e. The summed E-state index contributed by atoms with van der Waals surface area (Å²) in [5, 5.41) is 10.1. The normalized spacial score (nSPS) is 15.3. The van der Waals surface area contributed by atoms with E-state index in [4.69, 9.17) is 17.7 Å². The Balaban J connectivity index is 5.59. The van der Waals surface area contributed by atoms with E-state index in [-0.39, 0.29) is 6.04 Å². The van der Waals surface area contributed by atoms with Gasteiger partial charge in [-0.2, -0.15) is 0 Å². The van der Waals surface area contributed by atoms with Gasteiger partial charge in [-0.05, 0) is 42.9 Å². The van der Waals surface area contributed by atoms with Gasteiger partial charge >= 0.3 is 14.8 Å². The first-order chi connectivity index (χ1) is 14.4. The van der Waals surface area contributed by atoms with Gasteiger partial charge in [-0.25, -0.2) is 4.79 Å². The second-order valence-corrected chi connectivity index (χ2v) is 17.9. The first-order valence-electron chi connectivity index (χ1n) is 11.7. The number of carboxylic acids is 1. The topological polar surface area (TPSA) is 77.5 Å². The van der Waals surface area contributed by atoms with E-state index in [1.54, 1.807) is 21.3 Å². The summed E-state index contributed by atoms with van der Waals surface area (Å²) in [6.45, 7) is 18.5. The number of nitrogens with zero attached hydrogens (tertiary/aromatic N) is 1. The van der Waals surface area contributed by atoms with Gasteiger partial charge in [0.1, 0.15) is 0 Å². The van der Waals surface area contributed by atoms with Crippen molar-refractivity contribution < 1.29 is 27.6 Å². The Kier molecular flexibility index (Phi) is 13.9. The number of aliphatic carboxylic acids is 1. The van der Waals surface area contributed by atoms with Gasteiger partial charge in [0.05, 0.1) is 0 Å². The highest BCUT2D eigenvalue weighted by Crippen LogP contribution is 2.43. The van der Waals surface area contributed by atoms with Crippen LogP contribution in [-0.2, 0) is 22.5 Å². The molecule has 0 heterocycles. The molecule has 0 aliphatic heterocycles. The van der Waals surface area contributed by atoms with Crippen LogP contribution in [0.25, 0.3) is 0 Å². The smallest absolute Gasteiger partial charge is 0.479 e. The first-order valence-corrected chi connectivity index (χ1v) is 15.7. The minimum absolute atomic E-state index is 0.252. The van der Waals surface area contributed by atoms with Gasteiger partial charge in [0, 0.05) is 40.0 Å². The lowest BCUT2D eigenvalue weighted by Crippen LogP contribution is -2.55. The fraction of sp³-hybridized carbons (Fsp3) is 0.955. The third kappa shape index (κ3) is 8.21. The molecule has 0 saturated heterocycles. The predicted molar refractivity (Wildman–Crippen MR) is 131 cm³/mol. The zero-order chi connectivity index (χ0) is 24.4. The van der Waals surface area contributed by atoms with Crippen LogP contribution in [-0.4, -0.2) is 79.7 Å². The summed E-state index contributed by atoms with van der Waals surface area (Å²) >= 11 is 0. The Morgan fingerprint density at radius 2 is 1.35 bits per heavy atom. The molecule has 0 fully saturated rings. The highest BCUT2D eigenvalue weighted by Gasteiger charge is 2.48. The largest absolute Gasteiger partial charge is 0.500 e. The van der Waals surface area contributed by atoms with Crippen molar-refractivity contribution in [3.63, 3.8) is 0 Å². The Bertz CT molecular complexity index is 484. The summed E-state index contributed by atoms with van der Waals surface area (Å²) in [6.07, 6.45) is 0.913. The van der Waals surface area contributed by atoms with Crippen LogP contribution in [0.15, 0.2) is 0 Å². The zero-order valence-electron chi connectivity index (χ0n) is 21.9.